The van der Waals surface area contributed by atoms with Crippen LogP contribution in [0.5, 0.6) is 0 Å². The Kier molecular flexibility index (Phi) is 2.98. The zero-order valence-corrected chi connectivity index (χ0v) is 7.87. The molecule has 2 heterocycles. The minimum Gasteiger partial charge on any atom is -0.285 e. The van der Waals surface area contributed by atoms with E-state index in [1.165, 1.54) is 31.4 Å². The minimum atomic E-state index is 0.602. The predicted molar refractivity (Wildman–Crippen MR) is 51.5 cm³/mol. The zero-order chi connectivity index (χ0) is 8.93. The first-order valence-corrected chi connectivity index (χ1v) is 5.10. The second-order valence-corrected chi connectivity index (χ2v) is 3.66. The van der Waals surface area contributed by atoms with E-state index in [0.717, 1.165) is 13.0 Å². The Morgan fingerprint density at radius 1 is 1.46 bits per heavy atom. The molecule has 1 aliphatic heterocycles. The lowest BCUT2D eigenvalue weighted by molar-refractivity contribution is 0.374. The molecule has 1 radical (unpaired) electrons. The van der Waals surface area contributed by atoms with Crippen molar-refractivity contribution < 1.29 is 0 Å². The molecule has 0 amide bonds. The second kappa shape index (κ2) is 4.42. The minimum absolute atomic E-state index is 0.602. The number of aromatic amines is 1. The molecule has 1 unspecified atom stereocenters. The molecular formula is C10H16N3. The van der Waals surface area contributed by atoms with Crippen LogP contribution >= 0.6 is 0 Å². The lowest BCUT2D eigenvalue weighted by Crippen LogP contribution is -2.28. The van der Waals surface area contributed by atoms with Crippen LogP contribution in [0.3, 0.4) is 0 Å². The number of hydrogen-bond acceptors (Lipinski definition) is 1. The molecule has 1 aromatic heterocycles. The summed E-state index contributed by atoms with van der Waals surface area (Å²) >= 11 is 0. The first-order chi connectivity index (χ1) is 6.45. The van der Waals surface area contributed by atoms with Crippen molar-refractivity contribution >= 4 is 0 Å². The highest BCUT2D eigenvalue weighted by atomic mass is 15.1. The van der Waals surface area contributed by atoms with Gasteiger partial charge in [-0.3, -0.25) is 5.10 Å². The van der Waals surface area contributed by atoms with Crippen molar-refractivity contribution in [3.8, 4) is 0 Å². The van der Waals surface area contributed by atoms with E-state index >= 15 is 0 Å². The van der Waals surface area contributed by atoms with Gasteiger partial charge in [-0.15, -0.1) is 0 Å². The van der Waals surface area contributed by atoms with Gasteiger partial charge in [-0.25, -0.2) is 5.32 Å². The van der Waals surface area contributed by atoms with Crippen molar-refractivity contribution in [3.05, 3.63) is 18.0 Å². The van der Waals surface area contributed by atoms with Gasteiger partial charge < -0.3 is 0 Å². The van der Waals surface area contributed by atoms with Gasteiger partial charge in [0, 0.05) is 18.8 Å². The van der Waals surface area contributed by atoms with Gasteiger partial charge in [0.2, 0.25) is 0 Å². The van der Waals surface area contributed by atoms with Gasteiger partial charge in [0.1, 0.15) is 0 Å². The number of H-pyrrole nitrogens is 1. The molecule has 0 aliphatic carbocycles. The fourth-order valence-corrected chi connectivity index (χ4v) is 1.84. The third kappa shape index (κ3) is 2.56. The standard InChI is InChI=1S/C10H16N3/c1-2-7-11-9(3-1)4-5-10-6-8-12-13-10/h6,8-9H,1-5,7H2,(H,12,13). The summed E-state index contributed by atoms with van der Waals surface area (Å²) in [5.74, 6) is 0. The van der Waals surface area contributed by atoms with Gasteiger partial charge >= 0.3 is 0 Å². The number of aromatic nitrogens is 2. The van der Waals surface area contributed by atoms with Gasteiger partial charge in [0.05, 0.1) is 5.69 Å². The Labute approximate surface area is 78.9 Å². The molecule has 13 heavy (non-hydrogen) atoms. The van der Waals surface area contributed by atoms with Crippen LogP contribution in [0.1, 0.15) is 31.4 Å². The smallest absolute Gasteiger partial charge is 0.0622 e. The summed E-state index contributed by atoms with van der Waals surface area (Å²) in [6.07, 6.45) is 8.05. The maximum atomic E-state index is 4.59. The average molecular weight is 178 g/mol. The molecule has 1 atom stereocenters. The zero-order valence-electron chi connectivity index (χ0n) is 7.87. The van der Waals surface area contributed by atoms with E-state index in [9.17, 15) is 0 Å². The van der Waals surface area contributed by atoms with E-state index in [0.29, 0.717) is 6.04 Å². The van der Waals surface area contributed by atoms with Gasteiger partial charge in [-0.2, -0.15) is 5.10 Å². The molecule has 2 rings (SSSR count). The number of aryl methyl sites for hydroxylation is 1. The lowest BCUT2D eigenvalue weighted by atomic mass is 10.00. The van der Waals surface area contributed by atoms with E-state index in [4.69, 9.17) is 0 Å². The van der Waals surface area contributed by atoms with Crippen molar-refractivity contribution in [2.45, 2.75) is 38.1 Å². The van der Waals surface area contributed by atoms with Gasteiger partial charge in [0.25, 0.3) is 0 Å². The molecule has 0 spiro atoms. The molecule has 1 aliphatic rings. The van der Waals surface area contributed by atoms with Crippen molar-refractivity contribution in [1.82, 2.24) is 15.5 Å². The summed E-state index contributed by atoms with van der Waals surface area (Å²) in [7, 11) is 0. The van der Waals surface area contributed by atoms with Crippen LogP contribution in [0.4, 0.5) is 0 Å². The van der Waals surface area contributed by atoms with Crippen molar-refractivity contribution in [2.75, 3.05) is 6.54 Å². The molecule has 0 bridgehead atoms. The number of rotatable bonds is 3. The molecule has 1 aromatic rings. The number of nitrogens with one attached hydrogen (secondary N) is 1. The van der Waals surface area contributed by atoms with E-state index in [-0.39, 0.29) is 0 Å². The predicted octanol–water partition coefficient (Wildman–Crippen LogP) is 1.50. The van der Waals surface area contributed by atoms with Crippen LogP contribution in [0, 0.1) is 0 Å². The van der Waals surface area contributed by atoms with E-state index in [1.807, 2.05) is 12.3 Å². The van der Waals surface area contributed by atoms with Gasteiger partial charge in [-0.1, -0.05) is 6.42 Å². The summed E-state index contributed by atoms with van der Waals surface area (Å²) < 4.78 is 0. The van der Waals surface area contributed by atoms with Crippen LogP contribution in [-0.4, -0.2) is 22.8 Å². The Morgan fingerprint density at radius 2 is 2.46 bits per heavy atom. The molecule has 71 valence electrons. The first-order valence-electron chi connectivity index (χ1n) is 5.10. The van der Waals surface area contributed by atoms with Crippen LogP contribution in [-0.2, 0) is 6.42 Å². The molecule has 0 aromatic carbocycles. The van der Waals surface area contributed by atoms with E-state index in [1.54, 1.807) is 0 Å². The molecule has 1 fully saturated rings. The number of hydrogen-bond donors (Lipinski definition) is 1. The summed E-state index contributed by atoms with van der Waals surface area (Å²) in [4.78, 5) is 0. The Balaban J connectivity index is 1.72. The highest BCUT2D eigenvalue weighted by Gasteiger charge is 2.13. The van der Waals surface area contributed by atoms with Crippen LogP contribution in [0.25, 0.3) is 0 Å². The Hall–Kier alpha value is -0.830. The van der Waals surface area contributed by atoms with Crippen molar-refractivity contribution in [2.24, 2.45) is 0 Å². The molecule has 0 saturated carbocycles. The van der Waals surface area contributed by atoms with Crippen LogP contribution in [0.15, 0.2) is 12.3 Å². The third-order valence-corrected chi connectivity index (χ3v) is 2.62. The molecule has 3 nitrogen and oxygen atoms in total. The van der Waals surface area contributed by atoms with Crippen molar-refractivity contribution in [1.29, 1.82) is 0 Å². The molecule has 1 N–H and O–H groups in total. The monoisotopic (exact) mass is 178 g/mol. The molecule has 3 heteroatoms. The van der Waals surface area contributed by atoms with Crippen LogP contribution < -0.4 is 5.32 Å². The Bertz CT molecular complexity index is 224. The second-order valence-electron chi connectivity index (χ2n) is 3.66. The highest BCUT2D eigenvalue weighted by molar-refractivity contribution is 4.98. The number of nitrogens with zero attached hydrogens (tertiary/aromatic N) is 2. The SMILES string of the molecule is c1cc(CCC2CCCC[N]2)n[nH]1. The summed E-state index contributed by atoms with van der Waals surface area (Å²) in [6, 6.07) is 2.65. The maximum absolute atomic E-state index is 4.59. The fourth-order valence-electron chi connectivity index (χ4n) is 1.84. The quantitative estimate of drug-likeness (QED) is 0.748. The molecule has 1 saturated heterocycles. The largest absolute Gasteiger partial charge is 0.285 e. The Morgan fingerprint density at radius 3 is 3.15 bits per heavy atom. The normalized spacial score (nSPS) is 23.2. The van der Waals surface area contributed by atoms with Gasteiger partial charge in [-0.05, 0) is 31.7 Å². The van der Waals surface area contributed by atoms with Crippen molar-refractivity contribution in [3.63, 3.8) is 0 Å². The average Bonchev–Trinajstić information content (AvgIpc) is 2.69. The summed E-state index contributed by atoms with van der Waals surface area (Å²) in [5, 5.41) is 11.6. The van der Waals surface area contributed by atoms with Gasteiger partial charge in [0.15, 0.2) is 0 Å². The molecular weight excluding hydrogens is 162 g/mol. The van der Waals surface area contributed by atoms with E-state index in [2.05, 4.69) is 15.5 Å². The first kappa shape index (κ1) is 8.75. The summed E-state index contributed by atoms with van der Waals surface area (Å²) in [6.45, 7) is 1.07. The number of piperidine rings is 1. The van der Waals surface area contributed by atoms with Crippen LogP contribution in [0.2, 0.25) is 0 Å². The third-order valence-electron chi connectivity index (χ3n) is 2.62. The topological polar surface area (TPSA) is 42.8 Å². The lowest BCUT2D eigenvalue weighted by Gasteiger charge is -2.20. The fraction of sp³-hybridized carbons (Fsp3) is 0.700. The highest BCUT2D eigenvalue weighted by Crippen LogP contribution is 2.13. The summed E-state index contributed by atoms with van der Waals surface area (Å²) in [5.41, 5.74) is 1.17. The maximum Gasteiger partial charge on any atom is 0.0622 e. The van der Waals surface area contributed by atoms with E-state index < -0.39 is 0 Å².